The lowest BCUT2D eigenvalue weighted by molar-refractivity contribution is -0.385. The van der Waals surface area contributed by atoms with Crippen molar-refractivity contribution >= 4 is 23.4 Å². The summed E-state index contributed by atoms with van der Waals surface area (Å²) in [5.41, 5.74) is -0.0518. The second-order valence-electron chi connectivity index (χ2n) is 4.32. The van der Waals surface area contributed by atoms with E-state index in [0.717, 1.165) is 6.42 Å². The molecule has 7 heteroatoms. The van der Waals surface area contributed by atoms with Gasteiger partial charge in [0.05, 0.1) is 23.5 Å². The molecular formula is C13H17NO5S. The smallest absolute Gasteiger partial charge is 0.307 e. The normalized spacial score (nSPS) is 11.9. The first-order valence-corrected chi connectivity index (χ1v) is 7.20. The van der Waals surface area contributed by atoms with Crippen LogP contribution in [-0.4, -0.2) is 28.4 Å². The van der Waals surface area contributed by atoms with Gasteiger partial charge in [0.15, 0.2) is 0 Å². The SMILES string of the molecule is CCCOc1cc(SCC(C)C(=O)O)cc([N+](=O)[O-])c1. The van der Waals surface area contributed by atoms with Gasteiger partial charge in [0.2, 0.25) is 0 Å². The number of carbonyl (C=O) groups is 1. The van der Waals surface area contributed by atoms with Crippen LogP contribution in [0.25, 0.3) is 0 Å². The fourth-order valence-corrected chi connectivity index (χ4v) is 2.33. The standard InChI is InChI=1S/C13H17NO5S/c1-3-4-19-11-5-10(14(17)18)6-12(7-11)20-8-9(2)13(15)16/h5-7,9H,3-4,8H2,1-2H3,(H,15,16). The lowest BCUT2D eigenvalue weighted by atomic mass is 10.2. The van der Waals surface area contributed by atoms with Crippen LogP contribution in [-0.2, 0) is 4.79 Å². The third kappa shape index (κ3) is 5.08. The topological polar surface area (TPSA) is 89.7 Å². The zero-order valence-corrected chi connectivity index (χ0v) is 12.2. The largest absolute Gasteiger partial charge is 0.493 e. The molecule has 1 rings (SSSR count). The molecular weight excluding hydrogens is 282 g/mol. The Morgan fingerprint density at radius 3 is 2.75 bits per heavy atom. The minimum Gasteiger partial charge on any atom is -0.493 e. The van der Waals surface area contributed by atoms with Gasteiger partial charge in [-0.05, 0) is 12.5 Å². The molecule has 0 aliphatic heterocycles. The number of carboxylic acids is 1. The van der Waals surface area contributed by atoms with Crippen LogP contribution in [0.4, 0.5) is 5.69 Å². The highest BCUT2D eigenvalue weighted by Crippen LogP contribution is 2.30. The molecule has 110 valence electrons. The molecule has 0 amide bonds. The number of nitrogens with zero attached hydrogens (tertiary/aromatic N) is 1. The van der Waals surface area contributed by atoms with Gasteiger partial charge >= 0.3 is 5.97 Å². The molecule has 0 saturated carbocycles. The summed E-state index contributed by atoms with van der Waals surface area (Å²) in [5.74, 6) is -0.611. The van der Waals surface area contributed by atoms with E-state index in [9.17, 15) is 14.9 Å². The van der Waals surface area contributed by atoms with Gasteiger partial charge in [0.1, 0.15) is 5.75 Å². The zero-order chi connectivity index (χ0) is 15.1. The number of nitro groups is 1. The van der Waals surface area contributed by atoms with Crippen molar-refractivity contribution in [3.8, 4) is 5.75 Å². The van der Waals surface area contributed by atoms with Crippen LogP contribution in [0.15, 0.2) is 23.1 Å². The van der Waals surface area contributed by atoms with E-state index in [1.54, 1.807) is 13.0 Å². The quantitative estimate of drug-likeness (QED) is 0.450. The van der Waals surface area contributed by atoms with Crippen LogP contribution in [0.3, 0.4) is 0 Å². The highest BCUT2D eigenvalue weighted by atomic mass is 32.2. The number of aliphatic carboxylic acids is 1. The first kappa shape index (κ1) is 16.3. The molecule has 6 nitrogen and oxygen atoms in total. The van der Waals surface area contributed by atoms with Crippen molar-refractivity contribution in [2.24, 2.45) is 5.92 Å². The molecule has 0 aliphatic rings. The van der Waals surface area contributed by atoms with Gasteiger partial charge in [-0.15, -0.1) is 11.8 Å². The fourth-order valence-electron chi connectivity index (χ4n) is 1.34. The monoisotopic (exact) mass is 299 g/mol. The van der Waals surface area contributed by atoms with E-state index in [1.165, 1.54) is 23.9 Å². The summed E-state index contributed by atoms with van der Waals surface area (Å²) in [6.45, 7) is 4.03. The Balaban J connectivity index is 2.85. The van der Waals surface area contributed by atoms with E-state index in [2.05, 4.69) is 0 Å². The van der Waals surface area contributed by atoms with Crippen molar-refractivity contribution in [3.63, 3.8) is 0 Å². The van der Waals surface area contributed by atoms with E-state index in [-0.39, 0.29) is 5.69 Å². The number of thioether (sulfide) groups is 1. The lowest BCUT2D eigenvalue weighted by Gasteiger charge is -2.09. The van der Waals surface area contributed by atoms with Crippen molar-refractivity contribution in [1.29, 1.82) is 0 Å². The molecule has 0 aromatic heterocycles. The Kier molecular flexibility index (Phi) is 6.30. The lowest BCUT2D eigenvalue weighted by Crippen LogP contribution is -2.11. The zero-order valence-electron chi connectivity index (χ0n) is 11.4. The summed E-state index contributed by atoms with van der Waals surface area (Å²) in [6, 6.07) is 4.50. The Hall–Kier alpha value is -1.76. The van der Waals surface area contributed by atoms with E-state index in [1.807, 2.05) is 6.92 Å². The molecule has 0 bridgehead atoms. The summed E-state index contributed by atoms with van der Waals surface area (Å²) in [5, 5.41) is 19.7. The van der Waals surface area contributed by atoms with Gasteiger partial charge in [0, 0.05) is 16.7 Å². The summed E-state index contributed by atoms with van der Waals surface area (Å²) in [7, 11) is 0. The highest BCUT2D eigenvalue weighted by molar-refractivity contribution is 7.99. The molecule has 0 aliphatic carbocycles. The summed E-state index contributed by atoms with van der Waals surface area (Å²) >= 11 is 1.27. The molecule has 1 aromatic carbocycles. The molecule has 0 heterocycles. The fraction of sp³-hybridized carbons (Fsp3) is 0.462. The van der Waals surface area contributed by atoms with Crippen molar-refractivity contribution in [1.82, 2.24) is 0 Å². The van der Waals surface area contributed by atoms with E-state index in [4.69, 9.17) is 9.84 Å². The van der Waals surface area contributed by atoms with E-state index < -0.39 is 16.8 Å². The second-order valence-corrected chi connectivity index (χ2v) is 5.41. The molecule has 1 atom stereocenters. The average Bonchev–Trinajstić information content (AvgIpc) is 2.42. The Morgan fingerprint density at radius 2 is 2.20 bits per heavy atom. The molecule has 0 radical (unpaired) electrons. The van der Waals surface area contributed by atoms with Crippen molar-refractivity contribution in [3.05, 3.63) is 28.3 Å². The van der Waals surface area contributed by atoms with Gasteiger partial charge in [-0.3, -0.25) is 14.9 Å². The number of hydrogen-bond donors (Lipinski definition) is 1. The van der Waals surface area contributed by atoms with Gasteiger partial charge < -0.3 is 9.84 Å². The molecule has 0 saturated heterocycles. The first-order chi connectivity index (χ1) is 9.43. The summed E-state index contributed by atoms with van der Waals surface area (Å²) < 4.78 is 5.41. The number of non-ortho nitro benzene ring substituents is 1. The molecule has 1 unspecified atom stereocenters. The number of hydrogen-bond acceptors (Lipinski definition) is 5. The predicted molar refractivity (Wildman–Crippen MR) is 76.4 cm³/mol. The highest BCUT2D eigenvalue weighted by Gasteiger charge is 2.14. The summed E-state index contributed by atoms with van der Waals surface area (Å²) in [6.07, 6.45) is 0.807. The third-order valence-corrected chi connectivity index (χ3v) is 3.71. The van der Waals surface area contributed by atoms with Gasteiger partial charge in [-0.1, -0.05) is 13.8 Å². The maximum Gasteiger partial charge on any atom is 0.307 e. The van der Waals surface area contributed by atoms with Crippen molar-refractivity contribution < 1.29 is 19.6 Å². The van der Waals surface area contributed by atoms with Crippen LogP contribution in [0.1, 0.15) is 20.3 Å². The number of nitro benzene ring substituents is 1. The van der Waals surface area contributed by atoms with Gasteiger partial charge in [-0.2, -0.15) is 0 Å². The van der Waals surface area contributed by atoms with Crippen LogP contribution in [0, 0.1) is 16.0 Å². The predicted octanol–water partition coefficient (Wildman–Crippen LogP) is 3.20. The minimum atomic E-state index is -0.884. The molecule has 1 aromatic rings. The number of carboxylic acid groups (broad SMARTS) is 1. The molecule has 0 fully saturated rings. The third-order valence-electron chi connectivity index (χ3n) is 2.47. The average molecular weight is 299 g/mol. The number of benzene rings is 1. The number of rotatable bonds is 8. The van der Waals surface area contributed by atoms with Crippen LogP contribution < -0.4 is 4.74 Å². The molecule has 1 N–H and O–H groups in total. The Morgan fingerprint density at radius 1 is 1.50 bits per heavy atom. The van der Waals surface area contributed by atoms with Gasteiger partial charge in [-0.25, -0.2) is 0 Å². The van der Waals surface area contributed by atoms with Crippen LogP contribution >= 0.6 is 11.8 Å². The first-order valence-electron chi connectivity index (χ1n) is 6.22. The Labute approximate surface area is 121 Å². The number of ether oxygens (including phenoxy) is 1. The van der Waals surface area contributed by atoms with Crippen molar-refractivity contribution in [2.45, 2.75) is 25.2 Å². The van der Waals surface area contributed by atoms with E-state index in [0.29, 0.717) is 23.0 Å². The Bertz CT molecular complexity index is 492. The van der Waals surface area contributed by atoms with Gasteiger partial charge in [0.25, 0.3) is 5.69 Å². The van der Waals surface area contributed by atoms with Crippen molar-refractivity contribution in [2.75, 3.05) is 12.4 Å². The maximum absolute atomic E-state index is 10.9. The maximum atomic E-state index is 10.9. The molecule has 0 spiro atoms. The van der Waals surface area contributed by atoms with E-state index >= 15 is 0 Å². The minimum absolute atomic E-state index is 0.0518. The summed E-state index contributed by atoms with van der Waals surface area (Å²) in [4.78, 5) is 21.8. The van der Waals surface area contributed by atoms with Crippen LogP contribution in [0.2, 0.25) is 0 Å². The molecule has 20 heavy (non-hydrogen) atoms. The van der Waals surface area contributed by atoms with Crippen LogP contribution in [0.5, 0.6) is 5.75 Å². The second kappa shape index (κ2) is 7.74.